The average molecular weight is 323 g/mol. The topological polar surface area (TPSA) is 54.3 Å². The van der Waals surface area contributed by atoms with Crippen LogP contribution >= 0.6 is 0 Å². The second-order valence-corrected chi connectivity index (χ2v) is 7.17. The van der Waals surface area contributed by atoms with Crippen molar-refractivity contribution in [1.82, 2.24) is 14.2 Å². The van der Waals surface area contributed by atoms with E-state index in [-0.39, 0.29) is 10.9 Å². The van der Waals surface area contributed by atoms with Gasteiger partial charge < -0.3 is 9.88 Å². The molecule has 5 nitrogen and oxygen atoms in total. The summed E-state index contributed by atoms with van der Waals surface area (Å²) in [6.07, 6.45) is -1.19. The molecule has 0 aliphatic rings. The van der Waals surface area contributed by atoms with Gasteiger partial charge in [-0.3, -0.25) is 0 Å². The van der Waals surface area contributed by atoms with Crippen LogP contribution in [0.4, 0.5) is 8.78 Å². The lowest BCUT2D eigenvalue weighted by molar-refractivity contribution is 0.126. The summed E-state index contributed by atoms with van der Waals surface area (Å²) in [6, 6.07) is 1.63. The summed E-state index contributed by atoms with van der Waals surface area (Å²) in [5.41, 5.74) is 0.816. The van der Waals surface area contributed by atoms with Crippen molar-refractivity contribution in [3.05, 3.63) is 18.0 Å². The van der Waals surface area contributed by atoms with Crippen molar-refractivity contribution in [2.75, 3.05) is 20.1 Å². The normalized spacial score (nSPS) is 12.8. The van der Waals surface area contributed by atoms with Crippen LogP contribution in [0, 0.1) is 0 Å². The number of hydrogen-bond donors (Lipinski definition) is 1. The second kappa shape index (κ2) is 7.33. The van der Waals surface area contributed by atoms with Gasteiger partial charge >= 0.3 is 0 Å². The highest BCUT2D eigenvalue weighted by Gasteiger charge is 2.26. The van der Waals surface area contributed by atoms with Crippen molar-refractivity contribution >= 4 is 10.0 Å². The van der Waals surface area contributed by atoms with Gasteiger partial charge in [0.1, 0.15) is 4.90 Å². The van der Waals surface area contributed by atoms with Crippen LogP contribution in [0.25, 0.3) is 0 Å². The Morgan fingerprint density at radius 3 is 2.48 bits per heavy atom. The molecule has 0 unspecified atom stereocenters. The lowest BCUT2D eigenvalue weighted by Gasteiger charge is -2.15. The van der Waals surface area contributed by atoms with Gasteiger partial charge in [-0.1, -0.05) is 6.92 Å². The molecule has 122 valence electrons. The molecule has 8 heteroatoms. The average Bonchev–Trinajstić information content (AvgIpc) is 2.80. The van der Waals surface area contributed by atoms with Crippen LogP contribution in [0.2, 0.25) is 0 Å². The molecular formula is C13H23F2N3O2S. The van der Waals surface area contributed by atoms with E-state index in [2.05, 4.69) is 5.32 Å². The fraction of sp³-hybridized carbons (Fsp3) is 0.692. The Balaban J connectivity index is 3.12. The van der Waals surface area contributed by atoms with Crippen LogP contribution < -0.4 is 5.32 Å². The maximum absolute atomic E-state index is 12.4. The van der Waals surface area contributed by atoms with Gasteiger partial charge in [0.2, 0.25) is 10.0 Å². The van der Waals surface area contributed by atoms with Gasteiger partial charge in [-0.15, -0.1) is 0 Å². The fourth-order valence-electron chi connectivity index (χ4n) is 1.99. The van der Waals surface area contributed by atoms with Crippen LogP contribution in [-0.4, -0.2) is 43.9 Å². The number of nitrogens with one attached hydrogen (secondary N) is 1. The van der Waals surface area contributed by atoms with E-state index in [1.165, 1.54) is 6.20 Å². The van der Waals surface area contributed by atoms with E-state index in [0.717, 1.165) is 19.3 Å². The third-order valence-electron chi connectivity index (χ3n) is 3.12. The molecule has 0 amide bonds. The Kier molecular flexibility index (Phi) is 6.30. The molecule has 0 aromatic carbocycles. The van der Waals surface area contributed by atoms with E-state index in [0.29, 0.717) is 10.8 Å². The third kappa shape index (κ3) is 4.49. The van der Waals surface area contributed by atoms with Crippen LogP contribution in [0.5, 0.6) is 0 Å². The minimum Gasteiger partial charge on any atom is -0.346 e. The standard InChI is InChI=1S/C13H23F2N3O2S/c1-5-16-7-11-6-12(8-18(11)10(2)3)21(19,20)17(4)9-13(14)15/h6,8,10,13,16H,5,7,9H2,1-4H3. The number of alkyl halides is 2. The molecule has 0 atom stereocenters. The highest BCUT2D eigenvalue weighted by molar-refractivity contribution is 7.89. The monoisotopic (exact) mass is 323 g/mol. The van der Waals surface area contributed by atoms with Crippen LogP contribution in [0.15, 0.2) is 17.2 Å². The third-order valence-corrected chi connectivity index (χ3v) is 4.91. The van der Waals surface area contributed by atoms with Crippen molar-refractivity contribution in [3.8, 4) is 0 Å². The first-order valence-electron chi connectivity index (χ1n) is 6.86. The predicted molar refractivity (Wildman–Crippen MR) is 78.0 cm³/mol. The zero-order valence-corrected chi connectivity index (χ0v) is 13.6. The quantitative estimate of drug-likeness (QED) is 0.797. The van der Waals surface area contributed by atoms with Crippen molar-refractivity contribution in [1.29, 1.82) is 0 Å². The Morgan fingerprint density at radius 2 is 2.00 bits per heavy atom. The second-order valence-electron chi connectivity index (χ2n) is 5.13. The van der Waals surface area contributed by atoms with Crippen molar-refractivity contribution in [2.45, 2.75) is 44.7 Å². The number of sulfonamides is 1. The van der Waals surface area contributed by atoms with Crippen LogP contribution in [0.1, 0.15) is 32.5 Å². The Bertz CT molecular complexity index is 556. The van der Waals surface area contributed by atoms with E-state index in [4.69, 9.17) is 0 Å². The molecule has 0 aliphatic heterocycles. The highest BCUT2D eigenvalue weighted by atomic mass is 32.2. The van der Waals surface area contributed by atoms with Gasteiger partial charge in [0.15, 0.2) is 0 Å². The lowest BCUT2D eigenvalue weighted by atomic mass is 10.3. The molecule has 0 saturated heterocycles. The van der Waals surface area contributed by atoms with E-state index < -0.39 is 23.0 Å². The molecule has 1 heterocycles. The van der Waals surface area contributed by atoms with Crippen molar-refractivity contribution in [3.63, 3.8) is 0 Å². The summed E-state index contributed by atoms with van der Waals surface area (Å²) in [5, 5.41) is 3.14. The summed E-state index contributed by atoms with van der Waals surface area (Å²) in [7, 11) is -2.72. The number of hydrogen-bond acceptors (Lipinski definition) is 3. The highest BCUT2D eigenvalue weighted by Crippen LogP contribution is 2.22. The molecule has 1 rings (SSSR count). The summed E-state index contributed by atoms with van der Waals surface area (Å²) in [6.45, 7) is 6.32. The Labute approximate surface area is 125 Å². The molecule has 0 spiro atoms. The number of rotatable bonds is 8. The minimum atomic E-state index is -3.89. The molecule has 1 aromatic rings. The van der Waals surface area contributed by atoms with Gasteiger partial charge in [-0.2, -0.15) is 4.31 Å². The Morgan fingerprint density at radius 1 is 1.38 bits per heavy atom. The van der Waals surface area contributed by atoms with Gasteiger partial charge in [-0.25, -0.2) is 17.2 Å². The molecule has 0 aliphatic carbocycles. The number of nitrogens with zero attached hydrogens (tertiary/aromatic N) is 2. The maximum Gasteiger partial charge on any atom is 0.252 e. The van der Waals surface area contributed by atoms with Gasteiger partial charge in [0.25, 0.3) is 6.43 Å². The molecule has 0 saturated carbocycles. The van der Waals surface area contributed by atoms with Gasteiger partial charge in [-0.05, 0) is 26.5 Å². The maximum atomic E-state index is 12.4. The first-order valence-corrected chi connectivity index (χ1v) is 8.30. The lowest BCUT2D eigenvalue weighted by Crippen LogP contribution is -2.31. The number of halogens is 2. The fourth-order valence-corrected chi connectivity index (χ4v) is 3.19. The molecule has 0 radical (unpaired) electrons. The van der Waals surface area contributed by atoms with Crippen molar-refractivity contribution < 1.29 is 17.2 Å². The van der Waals surface area contributed by atoms with E-state index >= 15 is 0 Å². The summed E-state index contributed by atoms with van der Waals surface area (Å²) in [5.74, 6) is 0. The number of aromatic nitrogens is 1. The summed E-state index contributed by atoms with van der Waals surface area (Å²) < 4.78 is 51.9. The van der Waals surface area contributed by atoms with E-state index in [9.17, 15) is 17.2 Å². The predicted octanol–water partition coefficient (Wildman–Crippen LogP) is 2.06. The van der Waals surface area contributed by atoms with Crippen molar-refractivity contribution in [2.24, 2.45) is 0 Å². The molecule has 0 fully saturated rings. The molecule has 21 heavy (non-hydrogen) atoms. The smallest absolute Gasteiger partial charge is 0.252 e. The van der Waals surface area contributed by atoms with E-state index in [1.54, 1.807) is 6.07 Å². The summed E-state index contributed by atoms with van der Waals surface area (Å²) in [4.78, 5) is 0.0484. The van der Waals surface area contributed by atoms with Gasteiger partial charge in [0.05, 0.1) is 6.54 Å². The summed E-state index contributed by atoms with van der Waals surface area (Å²) >= 11 is 0. The molecular weight excluding hydrogens is 300 g/mol. The van der Waals surface area contributed by atoms with Gasteiger partial charge in [0, 0.05) is 31.5 Å². The largest absolute Gasteiger partial charge is 0.346 e. The minimum absolute atomic E-state index is 0.0484. The zero-order valence-electron chi connectivity index (χ0n) is 12.8. The molecule has 0 bridgehead atoms. The van der Waals surface area contributed by atoms with E-state index in [1.807, 2.05) is 25.3 Å². The van der Waals surface area contributed by atoms with Crippen LogP contribution in [-0.2, 0) is 16.6 Å². The zero-order chi connectivity index (χ0) is 16.2. The first-order chi connectivity index (χ1) is 9.70. The Hall–Kier alpha value is -0.990. The molecule has 1 aromatic heterocycles. The SMILES string of the molecule is CCNCc1cc(S(=O)(=O)N(C)CC(F)F)cn1C(C)C. The van der Waals surface area contributed by atoms with Crippen LogP contribution in [0.3, 0.4) is 0 Å². The first kappa shape index (κ1) is 18.1. The molecule has 1 N–H and O–H groups in total.